The number of aryl methyl sites for hydroxylation is 1. The Morgan fingerprint density at radius 2 is 2.17 bits per heavy atom. The third kappa shape index (κ3) is 3.39. The Morgan fingerprint density at radius 3 is 2.91 bits per heavy atom. The first kappa shape index (κ1) is 15.6. The quantitative estimate of drug-likeness (QED) is 0.793. The first-order chi connectivity index (χ1) is 11.2. The van der Waals surface area contributed by atoms with Crippen molar-refractivity contribution in [1.82, 2.24) is 14.8 Å². The van der Waals surface area contributed by atoms with E-state index < -0.39 is 5.97 Å². The Morgan fingerprint density at radius 1 is 1.39 bits per heavy atom. The van der Waals surface area contributed by atoms with Crippen LogP contribution in [0.25, 0.3) is 10.9 Å². The van der Waals surface area contributed by atoms with Gasteiger partial charge in [0.15, 0.2) is 0 Å². The van der Waals surface area contributed by atoms with Gasteiger partial charge in [-0.1, -0.05) is 0 Å². The summed E-state index contributed by atoms with van der Waals surface area (Å²) in [5, 5.41) is 4.74. The van der Waals surface area contributed by atoms with Crippen molar-refractivity contribution in [2.45, 2.75) is 25.8 Å². The van der Waals surface area contributed by atoms with Crippen molar-refractivity contribution in [1.29, 1.82) is 0 Å². The Hall–Kier alpha value is -2.28. The molecule has 122 valence electrons. The molecule has 0 amide bonds. The fourth-order valence-corrected chi connectivity index (χ4v) is 2.79. The number of nitrogens with zero attached hydrogens (tertiary/aromatic N) is 3. The number of methoxy groups -OCH3 is 1. The highest BCUT2D eigenvalue weighted by atomic mass is 16.5. The monoisotopic (exact) mass is 317 g/mol. The summed E-state index contributed by atoms with van der Waals surface area (Å²) in [4.78, 5) is 28.1. The van der Waals surface area contributed by atoms with E-state index in [1.165, 1.54) is 18.0 Å². The summed E-state index contributed by atoms with van der Waals surface area (Å²) < 4.78 is 11.4. The van der Waals surface area contributed by atoms with Crippen LogP contribution in [-0.4, -0.2) is 41.1 Å². The van der Waals surface area contributed by atoms with Gasteiger partial charge in [-0.2, -0.15) is 5.10 Å². The number of hydrogen-bond donors (Lipinski definition) is 0. The Kier molecular flexibility index (Phi) is 4.66. The first-order valence-corrected chi connectivity index (χ1v) is 7.71. The fourth-order valence-electron chi connectivity index (χ4n) is 2.79. The first-order valence-electron chi connectivity index (χ1n) is 7.71. The topological polar surface area (TPSA) is 83.3 Å². The third-order valence-corrected chi connectivity index (χ3v) is 4.20. The second kappa shape index (κ2) is 6.87. The van der Waals surface area contributed by atoms with Crippen molar-refractivity contribution >= 4 is 16.9 Å². The lowest BCUT2D eigenvalue weighted by molar-refractivity contribution is 0.0600. The molecule has 0 unspecified atom stereocenters. The predicted octanol–water partition coefficient (Wildman–Crippen LogP) is 1.39. The molecule has 1 fully saturated rings. The van der Waals surface area contributed by atoms with E-state index in [0.29, 0.717) is 28.9 Å². The highest BCUT2D eigenvalue weighted by Crippen LogP contribution is 2.18. The van der Waals surface area contributed by atoms with Gasteiger partial charge >= 0.3 is 5.97 Å². The maximum Gasteiger partial charge on any atom is 0.339 e. The van der Waals surface area contributed by atoms with Crippen LogP contribution in [0.3, 0.4) is 0 Å². The van der Waals surface area contributed by atoms with Crippen molar-refractivity contribution in [3.8, 4) is 0 Å². The van der Waals surface area contributed by atoms with Crippen LogP contribution in [0.2, 0.25) is 0 Å². The lowest BCUT2D eigenvalue weighted by Gasteiger charge is -2.21. The standard InChI is InChI=1S/C16H19N3O4/c1-22-16(21)13-8-12-10-18-19(15(20)14(12)17-9-13)5-2-11-3-6-23-7-4-11/h8-11H,2-7H2,1H3. The van der Waals surface area contributed by atoms with E-state index in [0.717, 1.165) is 32.5 Å². The van der Waals surface area contributed by atoms with Crippen LogP contribution in [0.15, 0.2) is 23.3 Å². The minimum Gasteiger partial charge on any atom is -0.465 e. The number of pyridine rings is 1. The van der Waals surface area contributed by atoms with Crippen LogP contribution in [0, 0.1) is 5.92 Å². The molecule has 3 rings (SSSR count). The van der Waals surface area contributed by atoms with E-state index in [-0.39, 0.29) is 5.56 Å². The van der Waals surface area contributed by atoms with Gasteiger partial charge in [-0.3, -0.25) is 4.79 Å². The summed E-state index contributed by atoms with van der Waals surface area (Å²) in [7, 11) is 1.30. The van der Waals surface area contributed by atoms with E-state index >= 15 is 0 Å². The third-order valence-electron chi connectivity index (χ3n) is 4.20. The fraction of sp³-hybridized carbons (Fsp3) is 0.500. The summed E-state index contributed by atoms with van der Waals surface area (Å²) in [6.45, 7) is 2.16. The lowest BCUT2D eigenvalue weighted by atomic mass is 9.97. The van der Waals surface area contributed by atoms with Crippen LogP contribution in [0.5, 0.6) is 0 Å². The highest BCUT2D eigenvalue weighted by molar-refractivity contribution is 5.93. The number of esters is 1. The minimum atomic E-state index is -0.483. The maximum absolute atomic E-state index is 12.4. The van der Waals surface area contributed by atoms with Crippen molar-refractivity contribution in [2.24, 2.45) is 5.92 Å². The van der Waals surface area contributed by atoms with E-state index in [9.17, 15) is 9.59 Å². The summed E-state index contributed by atoms with van der Waals surface area (Å²) in [5.41, 5.74) is 0.395. The van der Waals surface area contributed by atoms with Crippen LogP contribution >= 0.6 is 0 Å². The van der Waals surface area contributed by atoms with Crippen LogP contribution in [0.1, 0.15) is 29.6 Å². The van der Waals surface area contributed by atoms with E-state index in [2.05, 4.69) is 14.8 Å². The van der Waals surface area contributed by atoms with Crippen molar-refractivity contribution in [3.63, 3.8) is 0 Å². The van der Waals surface area contributed by atoms with Gasteiger partial charge in [0, 0.05) is 31.3 Å². The van der Waals surface area contributed by atoms with E-state index in [4.69, 9.17) is 4.74 Å². The second-order valence-electron chi connectivity index (χ2n) is 5.67. The predicted molar refractivity (Wildman–Crippen MR) is 83.3 cm³/mol. The summed E-state index contributed by atoms with van der Waals surface area (Å²) in [6, 6.07) is 1.57. The molecular formula is C16H19N3O4. The molecule has 0 spiro atoms. The maximum atomic E-state index is 12.4. The van der Waals surface area contributed by atoms with Crippen LogP contribution in [-0.2, 0) is 16.0 Å². The van der Waals surface area contributed by atoms with E-state index in [1.54, 1.807) is 12.3 Å². The normalized spacial score (nSPS) is 15.7. The molecule has 0 bridgehead atoms. The molecule has 0 saturated carbocycles. The second-order valence-corrected chi connectivity index (χ2v) is 5.67. The molecule has 1 aliphatic rings. The molecule has 0 radical (unpaired) electrons. The smallest absolute Gasteiger partial charge is 0.339 e. The van der Waals surface area contributed by atoms with Crippen molar-refractivity contribution < 1.29 is 14.3 Å². The average molecular weight is 317 g/mol. The van der Waals surface area contributed by atoms with Crippen LogP contribution < -0.4 is 5.56 Å². The molecule has 2 aromatic rings. The summed E-state index contributed by atoms with van der Waals surface area (Å²) in [6.07, 6.45) is 5.90. The zero-order valence-electron chi connectivity index (χ0n) is 13.0. The molecule has 1 saturated heterocycles. The number of aromatic nitrogens is 3. The SMILES string of the molecule is COC(=O)c1cnc2c(=O)n(CCC3CCOCC3)ncc2c1. The van der Waals surface area contributed by atoms with Gasteiger partial charge in [0.1, 0.15) is 5.52 Å². The molecule has 2 aromatic heterocycles. The lowest BCUT2D eigenvalue weighted by Crippen LogP contribution is -2.26. The molecule has 23 heavy (non-hydrogen) atoms. The molecule has 7 nitrogen and oxygen atoms in total. The number of hydrogen-bond acceptors (Lipinski definition) is 6. The molecule has 0 aliphatic carbocycles. The van der Waals surface area contributed by atoms with E-state index in [1.807, 2.05) is 0 Å². The Bertz CT molecular complexity index is 765. The van der Waals surface area contributed by atoms with Gasteiger partial charge in [-0.15, -0.1) is 0 Å². The molecule has 1 aliphatic heterocycles. The molecule has 7 heteroatoms. The van der Waals surface area contributed by atoms with Gasteiger partial charge < -0.3 is 9.47 Å². The zero-order chi connectivity index (χ0) is 16.2. The summed E-state index contributed by atoms with van der Waals surface area (Å²) >= 11 is 0. The largest absolute Gasteiger partial charge is 0.465 e. The minimum absolute atomic E-state index is 0.231. The van der Waals surface area contributed by atoms with Gasteiger partial charge in [0.2, 0.25) is 0 Å². The van der Waals surface area contributed by atoms with Crippen molar-refractivity contribution in [2.75, 3.05) is 20.3 Å². The van der Waals surface area contributed by atoms with Crippen LogP contribution in [0.4, 0.5) is 0 Å². The van der Waals surface area contributed by atoms with Gasteiger partial charge in [-0.25, -0.2) is 14.5 Å². The number of ether oxygens (including phenoxy) is 2. The Labute approximate surface area is 133 Å². The highest BCUT2D eigenvalue weighted by Gasteiger charge is 2.15. The zero-order valence-corrected chi connectivity index (χ0v) is 13.0. The molecule has 0 N–H and O–H groups in total. The molecule has 3 heterocycles. The van der Waals surface area contributed by atoms with Gasteiger partial charge in [0.25, 0.3) is 5.56 Å². The number of fused-ring (bicyclic) bond motifs is 1. The van der Waals surface area contributed by atoms with Gasteiger partial charge in [0.05, 0.1) is 18.9 Å². The average Bonchev–Trinajstić information content (AvgIpc) is 2.61. The summed E-state index contributed by atoms with van der Waals surface area (Å²) in [5.74, 6) is 0.0888. The molecule has 0 atom stereocenters. The number of carbonyl (C=O) groups excluding carboxylic acids is 1. The number of carbonyl (C=O) groups is 1. The van der Waals surface area contributed by atoms with Crippen molar-refractivity contribution in [3.05, 3.63) is 34.4 Å². The Balaban J connectivity index is 1.81. The number of rotatable bonds is 4. The van der Waals surface area contributed by atoms with Gasteiger partial charge in [-0.05, 0) is 31.2 Å². The molecular weight excluding hydrogens is 298 g/mol. The molecule has 0 aromatic carbocycles.